The second-order valence-electron chi connectivity index (χ2n) is 5.09. The first-order chi connectivity index (χ1) is 7.53. The molecule has 0 aromatic heterocycles. The Kier molecular flexibility index (Phi) is 5.22. The van der Waals surface area contributed by atoms with Gasteiger partial charge in [0.05, 0.1) is 12.0 Å². The maximum absolute atomic E-state index is 11.8. The quantitative estimate of drug-likeness (QED) is 0.756. The molecular weight excluding hydrogens is 204 g/mol. The first-order valence-corrected chi connectivity index (χ1v) is 6.09. The Hall–Kier alpha value is -0.610. The van der Waals surface area contributed by atoms with Crippen molar-refractivity contribution in [1.82, 2.24) is 10.6 Å². The van der Waals surface area contributed by atoms with E-state index in [4.69, 9.17) is 4.74 Å². The molecule has 1 rings (SSSR count). The number of amides is 1. The Morgan fingerprint density at radius 2 is 2.19 bits per heavy atom. The molecule has 1 fully saturated rings. The Balaban J connectivity index is 2.32. The molecule has 1 heterocycles. The third kappa shape index (κ3) is 4.94. The molecule has 0 spiro atoms. The van der Waals surface area contributed by atoms with Crippen molar-refractivity contribution in [1.29, 1.82) is 0 Å². The number of ether oxygens (including phenoxy) is 1. The standard InChI is InChI=1S/C12H24N2O2/c1-12(2,16-3)9-11(15)14-10-5-4-7-13-8-6-10/h10,13H,4-9H2,1-3H3,(H,14,15). The van der Waals surface area contributed by atoms with Crippen LogP contribution in [0.3, 0.4) is 0 Å². The van der Waals surface area contributed by atoms with Crippen molar-refractivity contribution in [2.75, 3.05) is 20.2 Å². The lowest BCUT2D eigenvalue weighted by molar-refractivity contribution is -0.126. The summed E-state index contributed by atoms with van der Waals surface area (Å²) in [5.41, 5.74) is -0.368. The third-order valence-corrected chi connectivity index (χ3v) is 3.08. The highest BCUT2D eigenvalue weighted by atomic mass is 16.5. The number of rotatable bonds is 4. The van der Waals surface area contributed by atoms with Gasteiger partial charge >= 0.3 is 0 Å². The Morgan fingerprint density at radius 3 is 2.88 bits per heavy atom. The van der Waals surface area contributed by atoms with E-state index in [0.29, 0.717) is 12.5 Å². The summed E-state index contributed by atoms with van der Waals surface area (Å²) in [6, 6.07) is 0.329. The highest BCUT2D eigenvalue weighted by Gasteiger charge is 2.23. The van der Waals surface area contributed by atoms with Crippen molar-refractivity contribution in [3.05, 3.63) is 0 Å². The normalized spacial score (nSPS) is 22.6. The van der Waals surface area contributed by atoms with Crippen LogP contribution in [0.4, 0.5) is 0 Å². The van der Waals surface area contributed by atoms with Gasteiger partial charge in [0, 0.05) is 13.2 Å². The summed E-state index contributed by atoms with van der Waals surface area (Å²) >= 11 is 0. The zero-order valence-corrected chi connectivity index (χ0v) is 10.6. The van der Waals surface area contributed by atoms with E-state index in [0.717, 1.165) is 32.4 Å². The fraction of sp³-hybridized carbons (Fsp3) is 0.917. The molecular formula is C12H24N2O2. The molecule has 0 radical (unpaired) electrons. The van der Waals surface area contributed by atoms with Gasteiger partial charge in [0.2, 0.25) is 5.91 Å². The van der Waals surface area contributed by atoms with Gasteiger partial charge in [-0.1, -0.05) is 0 Å². The number of nitrogens with one attached hydrogen (secondary N) is 2. The predicted molar refractivity (Wildman–Crippen MR) is 64.4 cm³/mol. The molecule has 16 heavy (non-hydrogen) atoms. The lowest BCUT2D eigenvalue weighted by atomic mass is 10.0. The van der Waals surface area contributed by atoms with Crippen LogP contribution in [0.1, 0.15) is 39.5 Å². The molecule has 1 aliphatic heterocycles. The molecule has 0 saturated carbocycles. The van der Waals surface area contributed by atoms with E-state index in [-0.39, 0.29) is 11.5 Å². The number of carbonyl (C=O) groups is 1. The maximum atomic E-state index is 11.8. The molecule has 1 atom stereocenters. The molecule has 1 unspecified atom stereocenters. The van der Waals surface area contributed by atoms with Gasteiger partial charge in [0.15, 0.2) is 0 Å². The molecule has 0 bridgehead atoms. The van der Waals surface area contributed by atoms with Gasteiger partial charge in [0.25, 0.3) is 0 Å². The summed E-state index contributed by atoms with van der Waals surface area (Å²) in [6.45, 7) is 5.93. The zero-order valence-electron chi connectivity index (χ0n) is 10.6. The molecule has 0 aromatic carbocycles. The van der Waals surface area contributed by atoms with Gasteiger partial charge in [-0.05, 0) is 46.2 Å². The van der Waals surface area contributed by atoms with Crippen molar-refractivity contribution < 1.29 is 9.53 Å². The van der Waals surface area contributed by atoms with Crippen LogP contribution in [0.5, 0.6) is 0 Å². The van der Waals surface area contributed by atoms with Crippen LogP contribution in [-0.2, 0) is 9.53 Å². The number of carbonyl (C=O) groups excluding carboxylic acids is 1. The average molecular weight is 228 g/mol. The van der Waals surface area contributed by atoms with Crippen molar-refractivity contribution >= 4 is 5.91 Å². The summed E-state index contributed by atoms with van der Waals surface area (Å²) in [4.78, 5) is 11.8. The molecule has 0 aromatic rings. The van der Waals surface area contributed by atoms with Crippen LogP contribution in [0, 0.1) is 0 Å². The van der Waals surface area contributed by atoms with Gasteiger partial charge in [-0.15, -0.1) is 0 Å². The molecule has 94 valence electrons. The number of hydrogen-bond donors (Lipinski definition) is 2. The lowest BCUT2D eigenvalue weighted by Gasteiger charge is -2.24. The van der Waals surface area contributed by atoms with Crippen LogP contribution < -0.4 is 10.6 Å². The molecule has 4 nitrogen and oxygen atoms in total. The van der Waals surface area contributed by atoms with Gasteiger partial charge < -0.3 is 15.4 Å². The monoisotopic (exact) mass is 228 g/mol. The summed E-state index contributed by atoms with van der Waals surface area (Å²) in [7, 11) is 1.64. The molecule has 2 N–H and O–H groups in total. The largest absolute Gasteiger partial charge is 0.378 e. The first kappa shape index (κ1) is 13.5. The van der Waals surface area contributed by atoms with Gasteiger partial charge in [-0.2, -0.15) is 0 Å². The van der Waals surface area contributed by atoms with E-state index in [1.165, 1.54) is 0 Å². The highest BCUT2D eigenvalue weighted by molar-refractivity contribution is 5.77. The summed E-state index contributed by atoms with van der Waals surface area (Å²) < 4.78 is 5.25. The maximum Gasteiger partial charge on any atom is 0.223 e. The number of hydrogen-bond acceptors (Lipinski definition) is 3. The van der Waals surface area contributed by atoms with E-state index in [9.17, 15) is 4.79 Å². The third-order valence-electron chi connectivity index (χ3n) is 3.08. The van der Waals surface area contributed by atoms with Crippen LogP contribution in [0.25, 0.3) is 0 Å². The minimum atomic E-state index is -0.368. The average Bonchev–Trinajstić information content (AvgIpc) is 2.45. The van der Waals surface area contributed by atoms with Crippen LogP contribution >= 0.6 is 0 Å². The van der Waals surface area contributed by atoms with Crippen molar-refractivity contribution in [2.24, 2.45) is 0 Å². The van der Waals surface area contributed by atoms with Gasteiger partial charge in [0.1, 0.15) is 0 Å². The molecule has 4 heteroatoms. The number of methoxy groups -OCH3 is 1. The van der Waals surface area contributed by atoms with E-state index in [2.05, 4.69) is 10.6 Å². The van der Waals surface area contributed by atoms with E-state index in [1.807, 2.05) is 13.8 Å². The topological polar surface area (TPSA) is 50.4 Å². The summed E-state index contributed by atoms with van der Waals surface area (Å²) in [5, 5.41) is 6.42. The molecule has 0 aliphatic carbocycles. The SMILES string of the molecule is COC(C)(C)CC(=O)NC1CCCNCC1. The molecule has 1 saturated heterocycles. The minimum Gasteiger partial charge on any atom is -0.378 e. The Morgan fingerprint density at radius 1 is 1.44 bits per heavy atom. The van der Waals surface area contributed by atoms with Gasteiger partial charge in [-0.25, -0.2) is 0 Å². The smallest absolute Gasteiger partial charge is 0.223 e. The minimum absolute atomic E-state index is 0.0961. The first-order valence-electron chi connectivity index (χ1n) is 6.09. The lowest BCUT2D eigenvalue weighted by Crippen LogP contribution is -2.39. The fourth-order valence-corrected chi connectivity index (χ4v) is 1.90. The van der Waals surface area contributed by atoms with Crippen molar-refractivity contribution in [3.8, 4) is 0 Å². The second kappa shape index (κ2) is 6.21. The van der Waals surface area contributed by atoms with Crippen LogP contribution in [0.15, 0.2) is 0 Å². The van der Waals surface area contributed by atoms with E-state index in [1.54, 1.807) is 7.11 Å². The van der Waals surface area contributed by atoms with E-state index >= 15 is 0 Å². The van der Waals surface area contributed by atoms with E-state index < -0.39 is 0 Å². The van der Waals surface area contributed by atoms with Gasteiger partial charge in [-0.3, -0.25) is 4.79 Å². The zero-order chi connectivity index (χ0) is 12.0. The Labute approximate surface area is 98.1 Å². The summed E-state index contributed by atoms with van der Waals surface area (Å²) in [6.07, 6.45) is 3.66. The second-order valence-corrected chi connectivity index (χ2v) is 5.09. The molecule has 1 aliphatic rings. The predicted octanol–water partition coefficient (Wildman–Crippen LogP) is 1.06. The summed E-state index contributed by atoms with van der Waals surface area (Å²) in [5.74, 6) is 0.0961. The van der Waals surface area contributed by atoms with Crippen LogP contribution in [0.2, 0.25) is 0 Å². The van der Waals surface area contributed by atoms with Crippen molar-refractivity contribution in [2.45, 2.75) is 51.2 Å². The highest BCUT2D eigenvalue weighted by Crippen LogP contribution is 2.13. The Bertz CT molecular complexity index is 221. The van der Waals surface area contributed by atoms with Crippen molar-refractivity contribution in [3.63, 3.8) is 0 Å². The molecule has 1 amide bonds. The van der Waals surface area contributed by atoms with Crippen LogP contribution in [-0.4, -0.2) is 37.7 Å². The fourth-order valence-electron chi connectivity index (χ4n) is 1.90.